The lowest BCUT2D eigenvalue weighted by Gasteiger charge is -2.22. The van der Waals surface area contributed by atoms with Gasteiger partial charge in [-0.15, -0.1) is 5.06 Å². The molecular weight excluding hydrogens is 280 g/mol. The van der Waals surface area contributed by atoms with Gasteiger partial charge in [-0.2, -0.15) is 0 Å². The predicted molar refractivity (Wildman–Crippen MR) is 69.4 cm³/mol. The van der Waals surface area contributed by atoms with E-state index < -0.39 is 16.7 Å². The van der Waals surface area contributed by atoms with Crippen molar-refractivity contribution in [3.8, 4) is 5.75 Å². The molecule has 106 valence electrons. The van der Waals surface area contributed by atoms with Crippen LogP contribution >= 0.6 is 0 Å². The van der Waals surface area contributed by atoms with Crippen LogP contribution in [0, 0.1) is 10.1 Å². The molecule has 0 saturated carbocycles. The van der Waals surface area contributed by atoms with E-state index in [1.165, 1.54) is 25.3 Å². The number of rotatable bonds is 2. The Balaban J connectivity index is 2.55. The first-order chi connectivity index (χ1) is 9.97. The third-order valence-electron chi connectivity index (χ3n) is 3.35. The number of hydroxylamine groups is 2. The van der Waals surface area contributed by atoms with Crippen molar-refractivity contribution in [1.82, 2.24) is 5.06 Å². The Kier molecular flexibility index (Phi) is 2.63. The Morgan fingerprint density at radius 2 is 1.90 bits per heavy atom. The van der Waals surface area contributed by atoms with Crippen molar-refractivity contribution >= 4 is 28.3 Å². The van der Waals surface area contributed by atoms with Gasteiger partial charge < -0.3 is 4.74 Å². The number of imide groups is 1. The summed E-state index contributed by atoms with van der Waals surface area (Å²) in [7, 11) is 1.24. The normalized spacial score (nSPS) is 13.7. The molecule has 3 rings (SSSR count). The molecule has 8 heteroatoms. The van der Waals surface area contributed by atoms with Gasteiger partial charge in [0, 0.05) is 11.5 Å². The number of methoxy groups -OCH3 is 1. The van der Waals surface area contributed by atoms with E-state index in [2.05, 4.69) is 0 Å². The number of nitro benzene ring substituents is 1. The molecule has 2 aromatic rings. The van der Waals surface area contributed by atoms with Crippen molar-refractivity contribution in [2.45, 2.75) is 0 Å². The van der Waals surface area contributed by atoms with E-state index in [4.69, 9.17) is 4.74 Å². The number of carbonyl (C=O) groups is 2. The quantitative estimate of drug-likeness (QED) is 0.390. The minimum atomic E-state index is -0.947. The number of ether oxygens (including phenoxy) is 1. The Bertz CT molecular complexity index is 829. The van der Waals surface area contributed by atoms with Gasteiger partial charge in [-0.1, -0.05) is 6.07 Å². The Labute approximate surface area is 117 Å². The van der Waals surface area contributed by atoms with Crippen molar-refractivity contribution in [2.75, 3.05) is 7.11 Å². The molecule has 2 amide bonds. The highest BCUT2D eigenvalue weighted by molar-refractivity contribution is 6.26. The fraction of sp³-hybridized carbons (Fsp3) is 0.0769. The first kappa shape index (κ1) is 13.0. The monoisotopic (exact) mass is 288 g/mol. The highest BCUT2D eigenvalue weighted by atomic mass is 16.6. The van der Waals surface area contributed by atoms with E-state index in [1.54, 1.807) is 0 Å². The number of nitro groups is 1. The van der Waals surface area contributed by atoms with Crippen molar-refractivity contribution in [2.24, 2.45) is 0 Å². The first-order valence-corrected chi connectivity index (χ1v) is 5.83. The molecule has 0 saturated heterocycles. The molecule has 0 aliphatic carbocycles. The average molecular weight is 288 g/mol. The molecule has 0 spiro atoms. The Morgan fingerprint density at radius 1 is 1.24 bits per heavy atom. The van der Waals surface area contributed by atoms with Crippen LogP contribution in [-0.4, -0.2) is 34.1 Å². The number of amides is 2. The number of nitrogens with zero attached hydrogens (tertiary/aromatic N) is 2. The summed E-state index contributed by atoms with van der Waals surface area (Å²) in [5.41, 5.74) is -0.328. The molecule has 1 heterocycles. The highest BCUT2D eigenvalue weighted by Gasteiger charge is 2.36. The second-order valence-corrected chi connectivity index (χ2v) is 4.38. The molecule has 1 N–H and O–H groups in total. The fourth-order valence-electron chi connectivity index (χ4n) is 2.46. The number of benzene rings is 2. The maximum atomic E-state index is 12.0. The van der Waals surface area contributed by atoms with Gasteiger partial charge in [-0.3, -0.25) is 24.9 Å². The molecule has 8 nitrogen and oxygen atoms in total. The molecule has 2 aromatic carbocycles. The van der Waals surface area contributed by atoms with E-state index in [0.29, 0.717) is 0 Å². The SMILES string of the molecule is COc1cc2c3c(cccc3c1[N+](=O)[O-])C(=O)N(O)C2=O. The molecule has 0 bridgehead atoms. The molecule has 0 atom stereocenters. The number of carbonyl (C=O) groups excluding carboxylic acids is 2. The molecule has 1 aliphatic rings. The molecule has 21 heavy (non-hydrogen) atoms. The van der Waals surface area contributed by atoms with Crippen molar-refractivity contribution < 1.29 is 24.5 Å². The topological polar surface area (TPSA) is 110 Å². The zero-order valence-electron chi connectivity index (χ0n) is 10.7. The second-order valence-electron chi connectivity index (χ2n) is 4.38. The maximum Gasteiger partial charge on any atom is 0.318 e. The molecule has 0 radical (unpaired) electrons. The Hall–Kier alpha value is -3.00. The summed E-state index contributed by atoms with van der Waals surface area (Å²) in [6, 6.07) is 5.41. The van der Waals surface area contributed by atoms with Gasteiger partial charge in [0.25, 0.3) is 11.8 Å². The highest BCUT2D eigenvalue weighted by Crippen LogP contribution is 2.41. The van der Waals surface area contributed by atoms with E-state index in [-0.39, 0.29) is 38.4 Å². The lowest BCUT2D eigenvalue weighted by atomic mass is 9.93. The minimum Gasteiger partial charge on any atom is -0.490 e. The van der Waals surface area contributed by atoms with Crippen LogP contribution in [-0.2, 0) is 0 Å². The number of hydrogen-bond acceptors (Lipinski definition) is 6. The standard InChI is InChI=1S/C13H8N2O6/c1-21-9-5-8-10-6(11(9)15(19)20)3-2-4-7(10)12(16)14(18)13(8)17/h2-5,18H,1H3. The van der Waals surface area contributed by atoms with Crippen LogP contribution in [0.3, 0.4) is 0 Å². The van der Waals surface area contributed by atoms with Gasteiger partial charge in [0.05, 0.1) is 28.5 Å². The molecular formula is C13H8N2O6. The summed E-state index contributed by atoms with van der Waals surface area (Å²) in [5.74, 6) is -1.98. The summed E-state index contributed by atoms with van der Waals surface area (Å²) in [4.78, 5) is 34.5. The fourth-order valence-corrected chi connectivity index (χ4v) is 2.46. The molecule has 0 fully saturated rings. The van der Waals surface area contributed by atoms with Crippen LogP contribution in [0.1, 0.15) is 20.7 Å². The van der Waals surface area contributed by atoms with Gasteiger partial charge in [0.2, 0.25) is 0 Å². The van der Waals surface area contributed by atoms with Crippen LogP contribution in [0.25, 0.3) is 10.8 Å². The maximum absolute atomic E-state index is 12.0. The summed E-state index contributed by atoms with van der Waals surface area (Å²) >= 11 is 0. The summed E-state index contributed by atoms with van der Waals surface area (Å²) in [6.45, 7) is 0. The van der Waals surface area contributed by atoms with Gasteiger partial charge in [0.15, 0.2) is 5.75 Å². The largest absolute Gasteiger partial charge is 0.490 e. The molecule has 1 aliphatic heterocycles. The second kappa shape index (κ2) is 4.25. The van der Waals surface area contributed by atoms with Crippen LogP contribution in [0.2, 0.25) is 0 Å². The number of hydrogen-bond donors (Lipinski definition) is 1. The van der Waals surface area contributed by atoms with E-state index in [1.807, 2.05) is 0 Å². The minimum absolute atomic E-state index is 0.0115. The van der Waals surface area contributed by atoms with E-state index in [0.717, 1.165) is 6.07 Å². The zero-order valence-corrected chi connectivity index (χ0v) is 10.7. The van der Waals surface area contributed by atoms with Crippen LogP contribution < -0.4 is 4.74 Å². The van der Waals surface area contributed by atoms with Crippen LogP contribution in [0.4, 0.5) is 5.69 Å². The third-order valence-corrected chi connectivity index (χ3v) is 3.35. The lowest BCUT2D eigenvalue weighted by molar-refractivity contribution is -0.383. The van der Waals surface area contributed by atoms with E-state index >= 15 is 0 Å². The predicted octanol–water partition coefficient (Wildman–Crippen LogP) is 1.74. The van der Waals surface area contributed by atoms with Gasteiger partial charge in [-0.05, 0) is 12.1 Å². The summed E-state index contributed by atoms with van der Waals surface area (Å²) < 4.78 is 4.95. The average Bonchev–Trinajstić information content (AvgIpc) is 2.48. The van der Waals surface area contributed by atoms with Crippen LogP contribution in [0.15, 0.2) is 24.3 Å². The molecule has 0 unspecified atom stereocenters. The molecule has 0 aromatic heterocycles. The van der Waals surface area contributed by atoms with Crippen molar-refractivity contribution in [3.63, 3.8) is 0 Å². The third kappa shape index (κ3) is 1.59. The lowest BCUT2D eigenvalue weighted by Crippen LogP contribution is -2.37. The van der Waals surface area contributed by atoms with Gasteiger partial charge in [-0.25, -0.2) is 0 Å². The van der Waals surface area contributed by atoms with Crippen molar-refractivity contribution in [1.29, 1.82) is 0 Å². The smallest absolute Gasteiger partial charge is 0.318 e. The van der Waals surface area contributed by atoms with Gasteiger partial charge in [0.1, 0.15) is 0 Å². The van der Waals surface area contributed by atoms with E-state index in [9.17, 15) is 24.9 Å². The zero-order chi connectivity index (χ0) is 15.3. The first-order valence-electron chi connectivity index (χ1n) is 5.83. The summed E-state index contributed by atoms with van der Waals surface area (Å²) in [5, 5.41) is 21.0. The van der Waals surface area contributed by atoms with Crippen molar-refractivity contribution in [3.05, 3.63) is 45.5 Å². The Morgan fingerprint density at radius 3 is 2.52 bits per heavy atom. The summed E-state index contributed by atoms with van der Waals surface area (Å²) in [6.07, 6.45) is 0. The van der Waals surface area contributed by atoms with Crippen LogP contribution in [0.5, 0.6) is 5.75 Å². The van der Waals surface area contributed by atoms with Gasteiger partial charge >= 0.3 is 5.69 Å².